The molecule has 9 heteroatoms. The van der Waals surface area contributed by atoms with E-state index in [4.69, 9.17) is 4.74 Å². The summed E-state index contributed by atoms with van der Waals surface area (Å²) in [4.78, 5) is 40.6. The van der Waals surface area contributed by atoms with Gasteiger partial charge in [-0.05, 0) is 67.6 Å². The maximum atomic E-state index is 13.3. The Bertz CT molecular complexity index is 1070. The Labute approximate surface area is 183 Å². The number of imide groups is 1. The third-order valence-corrected chi connectivity index (χ3v) is 6.28. The molecule has 4 rings (SSSR count). The molecule has 31 heavy (non-hydrogen) atoms. The summed E-state index contributed by atoms with van der Waals surface area (Å²) in [6.07, 6.45) is 1.67. The van der Waals surface area contributed by atoms with Crippen molar-refractivity contribution in [2.75, 3.05) is 32.8 Å². The topological polar surface area (TPSA) is 71.9 Å². The van der Waals surface area contributed by atoms with Crippen LogP contribution in [0.2, 0.25) is 0 Å². The van der Waals surface area contributed by atoms with Crippen molar-refractivity contribution in [2.24, 2.45) is 0 Å². The van der Waals surface area contributed by atoms with Crippen LogP contribution >= 0.6 is 11.8 Å². The van der Waals surface area contributed by atoms with Crippen molar-refractivity contribution in [1.82, 2.24) is 14.4 Å². The van der Waals surface area contributed by atoms with Gasteiger partial charge in [0.15, 0.2) is 0 Å². The highest BCUT2D eigenvalue weighted by molar-refractivity contribution is 8.18. The summed E-state index contributed by atoms with van der Waals surface area (Å²) < 4.78 is 20.5. The van der Waals surface area contributed by atoms with E-state index in [-0.39, 0.29) is 23.2 Å². The average molecular weight is 444 g/mol. The highest BCUT2D eigenvalue weighted by Gasteiger charge is 2.37. The fourth-order valence-electron chi connectivity index (χ4n) is 3.75. The summed E-state index contributed by atoms with van der Waals surface area (Å²) in [5.41, 5.74) is 3.37. The Kier molecular flexibility index (Phi) is 5.97. The molecule has 1 aromatic carbocycles. The van der Waals surface area contributed by atoms with Crippen LogP contribution in [0.15, 0.2) is 35.2 Å². The van der Waals surface area contributed by atoms with Crippen molar-refractivity contribution < 1.29 is 23.5 Å². The van der Waals surface area contributed by atoms with Crippen LogP contribution in [-0.4, -0.2) is 64.3 Å². The van der Waals surface area contributed by atoms with Gasteiger partial charge < -0.3 is 14.2 Å². The third kappa shape index (κ3) is 4.28. The Morgan fingerprint density at radius 3 is 2.52 bits per heavy atom. The molecule has 0 spiro atoms. The van der Waals surface area contributed by atoms with Gasteiger partial charge in [0.25, 0.3) is 11.1 Å². The molecule has 162 valence electrons. The molecule has 1 aromatic heterocycles. The van der Waals surface area contributed by atoms with Crippen molar-refractivity contribution in [3.63, 3.8) is 0 Å². The predicted octanol–water partition coefficient (Wildman–Crippen LogP) is 3.13. The first kappa shape index (κ1) is 21.3. The average Bonchev–Trinajstić information content (AvgIpc) is 3.19. The predicted molar refractivity (Wildman–Crippen MR) is 115 cm³/mol. The molecule has 0 N–H and O–H groups in total. The number of amides is 3. The molecule has 3 amide bonds. The molecule has 2 saturated heterocycles. The minimum Gasteiger partial charge on any atom is -0.378 e. The lowest BCUT2D eigenvalue weighted by Gasteiger charge is -2.28. The van der Waals surface area contributed by atoms with Gasteiger partial charge in [0.1, 0.15) is 12.4 Å². The second-order valence-corrected chi connectivity index (χ2v) is 8.39. The van der Waals surface area contributed by atoms with Gasteiger partial charge in [0.2, 0.25) is 5.91 Å². The van der Waals surface area contributed by atoms with E-state index in [1.165, 1.54) is 12.1 Å². The summed E-state index contributed by atoms with van der Waals surface area (Å²) in [5.74, 6) is -1.05. The standard InChI is InChI=1S/C22H22FN3O4S/c1-14-11-16(15(2)26(14)18-5-3-17(23)4-6-18)12-19-21(28)25(22(29)31-19)13-20(27)24-7-9-30-10-8-24/h3-6,11-12H,7-10,13H2,1-2H3/b19-12+. The van der Waals surface area contributed by atoms with Crippen LogP contribution in [0.25, 0.3) is 11.8 Å². The molecule has 7 nitrogen and oxygen atoms in total. The van der Waals surface area contributed by atoms with E-state index in [0.29, 0.717) is 26.3 Å². The van der Waals surface area contributed by atoms with E-state index in [0.717, 1.165) is 39.3 Å². The van der Waals surface area contributed by atoms with Crippen LogP contribution in [0, 0.1) is 19.7 Å². The SMILES string of the molecule is Cc1cc(/C=C2/SC(=O)N(CC(=O)N3CCOCC3)C2=O)c(C)n1-c1ccc(F)cc1. The van der Waals surface area contributed by atoms with Gasteiger partial charge in [-0.2, -0.15) is 0 Å². The number of ether oxygens (including phenoxy) is 1. The van der Waals surface area contributed by atoms with Crippen LogP contribution in [0.4, 0.5) is 9.18 Å². The lowest BCUT2D eigenvalue weighted by Crippen LogP contribution is -2.46. The first-order valence-electron chi connectivity index (χ1n) is 9.91. The third-order valence-electron chi connectivity index (χ3n) is 5.37. The Morgan fingerprint density at radius 2 is 1.84 bits per heavy atom. The van der Waals surface area contributed by atoms with Crippen molar-refractivity contribution in [1.29, 1.82) is 0 Å². The molecule has 0 atom stereocenters. The molecule has 2 aliphatic rings. The summed E-state index contributed by atoms with van der Waals surface area (Å²) in [6, 6.07) is 8.06. The number of carbonyl (C=O) groups excluding carboxylic acids is 3. The molecule has 0 bridgehead atoms. The number of thioether (sulfide) groups is 1. The smallest absolute Gasteiger partial charge is 0.294 e. The normalized spacial score (nSPS) is 18.4. The number of carbonyl (C=O) groups is 3. The largest absolute Gasteiger partial charge is 0.378 e. The van der Waals surface area contributed by atoms with Crippen molar-refractivity contribution >= 4 is 34.9 Å². The Hall–Kier alpha value is -2.91. The number of morpholine rings is 1. The van der Waals surface area contributed by atoms with Crippen LogP contribution < -0.4 is 0 Å². The minimum atomic E-state index is -0.469. The van der Waals surface area contributed by atoms with E-state index in [2.05, 4.69) is 0 Å². The zero-order valence-electron chi connectivity index (χ0n) is 17.3. The fraction of sp³-hybridized carbons (Fsp3) is 0.318. The number of benzene rings is 1. The van der Waals surface area contributed by atoms with Gasteiger partial charge in [-0.15, -0.1) is 0 Å². The molecule has 2 fully saturated rings. The van der Waals surface area contributed by atoms with Gasteiger partial charge in [-0.25, -0.2) is 4.39 Å². The summed E-state index contributed by atoms with van der Waals surface area (Å²) >= 11 is 0.831. The highest BCUT2D eigenvalue weighted by atomic mass is 32.2. The van der Waals surface area contributed by atoms with Crippen LogP contribution in [0.3, 0.4) is 0 Å². The van der Waals surface area contributed by atoms with Crippen molar-refractivity contribution in [2.45, 2.75) is 13.8 Å². The summed E-state index contributed by atoms with van der Waals surface area (Å²) in [7, 11) is 0. The number of rotatable bonds is 4. The van der Waals surface area contributed by atoms with Gasteiger partial charge in [0.05, 0.1) is 18.1 Å². The van der Waals surface area contributed by atoms with E-state index in [9.17, 15) is 18.8 Å². The molecule has 2 aliphatic heterocycles. The van der Waals surface area contributed by atoms with Gasteiger partial charge in [0, 0.05) is 30.2 Å². The number of hydrogen-bond donors (Lipinski definition) is 0. The van der Waals surface area contributed by atoms with Crippen LogP contribution in [0.1, 0.15) is 17.0 Å². The van der Waals surface area contributed by atoms with Crippen LogP contribution in [-0.2, 0) is 14.3 Å². The summed E-state index contributed by atoms with van der Waals surface area (Å²) in [5, 5.41) is -0.454. The zero-order chi connectivity index (χ0) is 22.1. The Morgan fingerprint density at radius 1 is 1.16 bits per heavy atom. The first-order valence-corrected chi connectivity index (χ1v) is 10.7. The van der Waals surface area contributed by atoms with Crippen molar-refractivity contribution in [3.8, 4) is 5.69 Å². The fourth-order valence-corrected chi connectivity index (χ4v) is 4.58. The van der Waals surface area contributed by atoms with Gasteiger partial charge >= 0.3 is 0 Å². The quantitative estimate of drug-likeness (QED) is 0.679. The lowest BCUT2D eigenvalue weighted by molar-refractivity contribution is -0.139. The summed E-state index contributed by atoms with van der Waals surface area (Å²) in [6.45, 7) is 5.38. The maximum absolute atomic E-state index is 13.3. The molecule has 0 aliphatic carbocycles. The number of aryl methyl sites for hydroxylation is 1. The van der Waals surface area contributed by atoms with Crippen LogP contribution in [0.5, 0.6) is 0 Å². The second-order valence-electron chi connectivity index (χ2n) is 7.40. The molecule has 0 unspecified atom stereocenters. The Balaban J connectivity index is 1.55. The molecule has 0 saturated carbocycles. The molecular formula is C22H22FN3O4S. The number of nitrogens with zero attached hydrogens (tertiary/aromatic N) is 3. The minimum absolute atomic E-state index is 0.263. The first-order chi connectivity index (χ1) is 14.8. The van der Waals surface area contributed by atoms with Gasteiger partial charge in [-0.3, -0.25) is 19.3 Å². The highest BCUT2D eigenvalue weighted by Crippen LogP contribution is 2.33. The monoisotopic (exact) mass is 443 g/mol. The molecular weight excluding hydrogens is 421 g/mol. The molecule has 2 aromatic rings. The van der Waals surface area contributed by atoms with E-state index < -0.39 is 11.1 Å². The number of halogens is 1. The second kappa shape index (κ2) is 8.68. The zero-order valence-corrected chi connectivity index (χ0v) is 18.1. The molecule has 3 heterocycles. The van der Waals surface area contributed by atoms with E-state index >= 15 is 0 Å². The van der Waals surface area contributed by atoms with Gasteiger partial charge in [-0.1, -0.05) is 0 Å². The number of hydrogen-bond acceptors (Lipinski definition) is 5. The number of aromatic nitrogens is 1. The lowest BCUT2D eigenvalue weighted by atomic mass is 10.2. The molecule has 0 radical (unpaired) electrons. The van der Waals surface area contributed by atoms with Crippen molar-refractivity contribution in [3.05, 3.63) is 58.0 Å². The van der Waals surface area contributed by atoms with E-state index in [1.54, 1.807) is 23.1 Å². The maximum Gasteiger partial charge on any atom is 0.294 e. The van der Waals surface area contributed by atoms with E-state index in [1.807, 2.05) is 24.5 Å².